The number of benzene rings is 1. The van der Waals surface area contributed by atoms with Gasteiger partial charge in [0.05, 0.1) is 30.8 Å². The Morgan fingerprint density at radius 1 is 1.24 bits per heavy atom. The zero-order valence-corrected chi connectivity index (χ0v) is 12.5. The van der Waals surface area contributed by atoms with E-state index in [2.05, 4.69) is 23.2 Å². The second-order valence-corrected chi connectivity index (χ2v) is 5.75. The lowest BCUT2D eigenvalue weighted by Crippen LogP contribution is -2.41. The first-order valence-electron chi connectivity index (χ1n) is 7.31. The van der Waals surface area contributed by atoms with Gasteiger partial charge < -0.3 is 9.47 Å². The summed E-state index contributed by atoms with van der Waals surface area (Å²) in [7, 11) is 0. The van der Waals surface area contributed by atoms with Gasteiger partial charge in [0, 0.05) is 6.21 Å². The van der Waals surface area contributed by atoms with Crippen molar-refractivity contribution >= 4 is 6.21 Å². The van der Waals surface area contributed by atoms with Crippen molar-refractivity contribution in [3.05, 3.63) is 59.8 Å². The predicted octanol–water partition coefficient (Wildman–Crippen LogP) is 3.84. The number of ether oxygens (including phenoxy) is 2. The van der Waals surface area contributed by atoms with E-state index < -0.39 is 5.79 Å². The zero-order valence-electron chi connectivity index (χ0n) is 12.5. The summed E-state index contributed by atoms with van der Waals surface area (Å²) in [4.78, 5) is 4.17. The van der Waals surface area contributed by atoms with Gasteiger partial charge in [-0.05, 0) is 19.4 Å². The quantitative estimate of drug-likeness (QED) is 0.771. The molecule has 108 valence electrons. The van der Waals surface area contributed by atoms with Crippen LogP contribution in [0.1, 0.15) is 31.9 Å². The Kier molecular flexibility index (Phi) is 3.98. The monoisotopic (exact) mass is 282 g/mol. The van der Waals surface area contributed by atoms with Gasteiger partial charge in [-0.25, -0.2) is 4.99 Å². The SMILES string of the molecule is CC1(C)OC[C@@H](C2=[C+]CC=NC=C2)[C@H](c2ccccc2)O1. The first-order valence-corrected chi connectivity index (χ1v) is 7.31. The van der Waals surface area contributed by atoms with Gasteiger partial charge in [0.25, 0.3) is 0 Å². The van der Waals surface area contributed by atoms with E-state index in [1.807, 2.05) is 50.5 Å². The highest BCUT2D eigenvalue weighted by Gasteiger charge is 2.41. The Bertz CT molecular complexity index is 572. The summed E-state index contributed by atoms with van der Waals surface area (Å²) in [5.74, 6) is -0.430. The molecular formula is C18H20NO2+. The summed E-state index contributed by atoms with van der Waals surface area (Å²) in [6, 6.07) is 10.3. The summed E-state index contributed by atoms with van der Waals surface area (Å²) >= 11 is 0. The second kappa shape index (κ2) is 5.90. The predicted molar refractivity (Wildman–Crippen MR) is 82.8 cm³/mol. The van der Waals surface area contributed by atoms with Crippen molar-refractivity contribution in [1.82, 2.24) is 0 Å². The molecule has 1 saturated heterocycles. The first-order chi connectivity index (χ1) is 10.2. The maximum atomic E-state index is 6.21. The molecule has 0 unspecified atom stereocenters. The van der Waals surface area contributed by atoms with E-state index in [0.29, 0.717) is 6.61 Å². The molecule has 2 heterocycles. The maximum Gasteiger partial charge on any atom is 0.177 e. The Labute approximate surface area is 126 Å². The average molecular weight is 282 g/mol. The van der Waals surface area contributed by atoms with E-state index in [9.17, 15) is 0 Å². The van der Waals surface area contributed by atoms with Crippen LogP contribution < -0.4 is 0 Å². The second-order valence-electron chi connectivity index (χ2n) is 5.75. The van der Waals surface area contributed by atoms with Gasteiger partial charge in [0.1, 0.15) is 12.6 Å². The number of rotatable bonds is 2. The standard InChI is InChI=1S/C18H20NO2/c1-18(2)20-13-16(14-9-6-11-19-12-10-14)17(21-18)15-7-4-3-5-8-15/h3-5,7-8,10-12,16-17H,6,13H2,1-2H3/q+1/t16-,17-/m0/s1. The Hall–Kier alpha value is -1.80. The third kappa shape index (κ3) is 3.27. The normalized spacial score (nSPS) is 27.6. The molecule has 2 aliphatic heterocycles. The van der Waals surface area contributed by atoms with Gasteiger partial charge in [-0.2, -0.15) is 0 Å². The van der Waals surface area contributed by atoms with E-state index in [4.69, 9.17) is 9.47 Å². The van der Waals surface area contributed by atoms with Crippen LogP contribution in [0.3, 0.4) is 0 Å². The van der Waals surface area contributed by atoms with Crippen LogP contribution in [0.25, 0.3) is 0 Å². The minimum atomic E-state index is -0.567. The molecule has 0 radical (unpaired) electrons. The summed E-state index contributed by atoms with van der Waals surface area (Å²) in [6.07, 6.45) is 9.78. The summed E-state index contributed by atoms with van der Waals surface area (Å²) < 4.78 is 12.1. The van der Waals surface area contributed by atoms with Gasteiger partial charge in [0.2, 0.25) is 0 Å². The molecule has 1 aromatic carbocycles. The van der Waals surface area contributed by atoms with Gasteiger partial charge in [-0.15, -0.1) is 0 Å². The summed E-state index contributed by atoms with van der Waals surface area (Å²) in [5, 5.41) is 0. The number of aliphatic imine (C=N–C) groups is 1. The van der Waals surface area contributed by atoms with Crippen LogP contribution in [-0.2, 0) is 9.47 Å². The number of allylic oxidation sites excluding steroid dienone is 2. The molecule has 1 aromatic rings. The highest BCUT2D eigenvalue weighted by molar-refractivity contribution is 5.60. The topological polar surface area (TPSA) is 30.8 Å². The molecule has 21 heavy (non-hydrogen) atoms. The Balaban J connectivity index is 1.92. The lowest BCUT2D eigenvalue weighted by molar-refractivity contribution is -0.290. The highest BCUT2D eigenvalue weighted by atomic mass is 16.7. The summed E-state index contributed by atoms with van der Waals surface area (Å²) in [5.41, 5.74) is 2.28. The third-order valence-corrected chi connectivity index (χ3v) is 3.76. The highest BCUT2D eigenvalue weighted by Crippen LogP contribution is 2.40. The fourth-order valence-corrected chi connectivity index (χ4v) is 2.71. The van der Waals surface area contributed by atoms with E-state index >= 15 is 0 Å². The molecule has 0 aliphatic carbocycles. The van der Waals surface area contributed by atoms with Crippen LogP contribution >= 0.6 is 0 Å². The zero-order chi connectivity index (χ0) is 14.7. The van der Waals surface area contributed by atoms with Crippen LogP contribution in [0, 0.1) is 12.0 Å². The van der Waals surface area contributed by atoms with Crippen molar-refractivity contribution < 1.29 is 9.47 Å². The van der Waals surface area contributed by atoms with Crippen LogP contribution in [0.2, 0.25) is 0 Å². The van der Waals surface area contributed by atoms with Crippen LogP contribution in [0.5, 0.6) is 0 Å². The van der Waals surface area contributed by atoms with E-state index in [-0.39, 0.29) is 12.0 Å². The molecule has 3 rings (SSSR count). The minimum absolute atomic E-state index is 0.0276. The van der Waals surface area contributed by atoms with Crippen LogP contribution in [-0.4, -0.2) is 18.6 Å². The van der Waals surface area contributed by atoms with Crippen molar-refractivity contribution in [1.29, 1.82) is 0 Å². The number of hydrogen-bond donors (Lipinski definition) is 0. The van der Waals surface area contributed by atoms with Gasteiger partial charge in [-0.1, -0.05) is 30.3 Å². The van der Waals surface area contributed by atoms with Gasteiger partial charge in [-0.3, -0.25) is 0 Å². The fourth-order valence-electron chi connectivity index (χ4n) is 2.71. The van der Waals surface area contributed by atoms with Crippen molar-refractivity contribution in [3.8, 4) is 0 Å². The molecule has 0 N–H and O–H groups in total. The molecule has 2 aliphatic rings. The molecule has 0 saturated carbocycles. The minimum Gasteiger partial charge on any atom is -0.350 e. The van der Waals surface area contributed by atoms with E-state index in [0.717, 1.165) is 12.0 Å². The van der Waals surface area contributed by atoms with Gasteiger partial charge in [0.15, 0.2) is 11.4 Å². The first kappa shape index (κ1) is 14.2. The maximum absolute atomic E-state index is 6.21. The largest absolute Gasteiger partial charge is 0.350 e. The molecule has 0 bridgehead atoms. The Morgan fingerprint density at radius 2 is 2.05 bits per heavy atom. The smallest absolute Gasteiger partial charge is 0.177 e. The van der Waals surface area contributed by atoms with Crippen molar-refractivity contribution in [2.24, 2.45) is 10.9 Å². The molecule has 1 fully saturated rings. The van der Waals surface area contributed by atoms with Crippen molar-refractivity contribution in [2.75, 3.05) is 6.61 Å². The summed E-state index contributed by atoms with van der Waals surface area (Å²) in [6.45, 7) is 4.55. The Morgan fingerprint density at radius 3 is 2.86 bits per heavy atom. The number of hydrogen-bond acceptors (Lipinski definition) is 3. The van der Waals surface area contributed by atoms with Crippen molar-refractivity contribution in [3.63, 3.8) is 0 Å². The molecule has 0 spiro atoms. The van der Waals surface area contributed by atoms with Crippen molar-refractivity contribution in [2.45, 2.75) is 32.2 Å². The fraction of sp³-hybridized carbons (Fsp3) is 0.389. The molecule has 3 nitrogen and oxygen atoms in total. The molecule has 3 heteroatoms. The molecular weight excluding hydrogens is 262 g/mol. The third-order valence-electron chi connectivity index (χ3n) is 3.76. The average Bonchev–Trinajstić information content (AvgIpc) is 2.76. The van der Waals surface area contributed by atoms with E-state index in [1.165, 1.54) is 5.56 Å². The van der Waals surface area contributed by atoms with E-state index in [1.54, 1.807) is 0 Å². The lowest BCUT2D eigenvalue weighted by Gasteiger charge is -2.40. The lowest BCUT2D eigenvalue weighted by atomic mass is 9.87. The van der Waals surface area contributed by atoms with Gasteiger partial charge >= 0.3 is 0 Å². The number of nitrogens with zero attached hydrogens (tertiary/aromatic N) is 1. The molecule has 0 aromatic heterocycles. The van der Waals surface area contributed by atoms with Crippen LogP contribution in [0.4, 0.5) is 0 Å². The van der Waals surface area contributed by atoms with Crippen LogP contribution in [0.15, 0.2) is 53.2 Å². The molecule has 0 amide bonds. The molecule has 2 atom stereocenters.